The van der Waals surface area contributed by atoms with Crippen molar-refractivity contribution < 1.29 is 9.47 Å². The highest BCUT2D eigenvalue weighted by molar-refractivity contribution is 6.30. The van der Waals surface area contributed by atoms with E-state index in [0.29, 0.717) is 24.0 Å². The fourth-order valence-electron chi connectivity index (χ4n) is 1.42. The zero-order valence-electron chi connectivity index (χ0n) is 10.5. The first-order valence-electron chi connectivity index (χ1n) is 5.73. The molecule has 4 nitrogen and oxygen atoms in total. The number of nitrogens with zero attached hydrogens (tertiary/aromatic N) is 1. The fourth-order valence-corrected chi connectivity index (χ4v) is 1.60. The maximum Gasteiger partial charge on any atom is 0.141 e. The maximum atomic E-state index is 8.55. The molecule has 0 heterocycles. The molecule has 0 saturated heterocycles. The second kappa shape index (κ2) is 7.22. The smallest absolute Gasteiger partial charge is 0.141 e. The summed E-state index contributed by atoms with van der Waals surface area (Å²) in [5.74, 6) is 0.697. The van der Waals surface area contributed by atoms with Gasteiger partial charge in [-0.15, -0.1) is 0 Å². The fraction of sp³-hybridized carbons (Fsp3) is 0.462. The Bertz CT molecular complexity index is 429. The van der Waals surface area contributed by atoms with Gasteiger partial charge in [0, 0.05) is 16.6 Å². The third-order valence-electron chi connectivity index (χ3n) is 2.35. The lowest BCUT2D eigenvalue weighted by Gasteiger charge is -2.14. The molecule has 0 fully saturated rings. The third-order valence-corrected chi connectivity index (χ3v) is 2.59. The zero-order chi connectivity index (χ0) is 13.5. The normalized spacial score (nSPS) is 13.7. The van der Waals surface area contributed by atoms with Crippen molar-refractivity contribution >= 4 is 11.6 Å². The van der Waals surface area contributed by atoms with Crippen LogP contribution in [0, 0.1) is 11.3 Å². The molecule has 0 aromatic heterocycles. The number of hydrogen-bond acceptors (Lipinski definition) is 4. The first kappa shape index (κ1) is 14.8. The molecule has 2 unspecified atom stereocenters. The summed E-state index contributed by atoms with van der Waals surface area (Å²) in [5.41, 5.74) is 6.70. The van der Waals surface area contributed by atoms with E-state index in [0.717, 1.165) is 5.56 Å². The van der Waals surface area contributed by atoms with Crippen LogP contribution in [0.4, 0.5) is 0 Å². The number of halogens is 1. The van der Waals surface area contributed by atoms with Crippen LogP contribution in [-0.2, 0) is 4.74 Å². The van der Waals surface area contributed by atoms with Crippen molar-refractivity contribution in [2.24, 2.45) is 5.73 Å². The van der Waals surface area contributed by atoms with Crippen molar-refractivity contribution in [3.8, 4) is 11.8 Å². The van der Waals surface area contributed by atoms with Gasteiger partial charge in [-0.05, 0) is 32.0 Å². The minimum Gasteiger partial charge on any atom is -0.491 e. The van der Waals surface area contributed by atoms with Crippen molar-refractivity contribution in [2.75, 3.05) is 13.2 Å². The second-order valence-electron chi connectivity index (χ2n) is 3.96. The number of ether oxygens (including phenoxy) is 2. The molecule has 2 atom stereocenters. The van der Waals surface area contributed by atoms with E-state index < -0.39 is 6.10 Å². The Hall–Kier alpha value is -1.28. The van der Waals surface area contributed by atoms with E-state index in [-0.39, 0.29) is 6.04 Å². The van der Waals surface area contributed by atoms with Gasteiger partial charge in [-0.1, -0.05) is 11.6 Å². The van der Waals surface area contributed by atoms with E-state index in [2.05, 4.69) is 0 Å². The summed E-state index contributed by atoms with van der Waals surface area (Å²) in [4.78, 5) is 0. The Labute approximate surface area is 112 Å². The number of nitriles is 1. The van der Waals surface area contributed by atoms with Gasteiger partial charge in [0.05, 0.1) is 12.7 Å². The predicted octanol–water partition coefficient (Wildman–Crippen LogP) is 2.67. The summed E-state index contributed by atoms with van der Waals surface area (Å²) >= 11 is 5.91. The van der Waals surface area contributed by atoms with Crippen LogP contribution in [-0.4, -0.2) is 19.3 Å². The molecule has 5 heteroatoms. The maximum absolute atomic E-state index is 8.55. The third kappa shape index (κ3) is 4.53. The molecule has 0 saturated carbocycles. The van der Waals surface area contributed by atoms with Gasteiger partial charge in [0.15, 0.2) is 0 Å². The minimum atomic E-state index is -0.424. The zero-order valence-corrected chi connectivity index (χ0v) is 11.3. The van der Waals surface area contributed by atoms with Crippen molar-refractivity contribution in [1.82, 2.24) is 0 Å². The molecule has 0 aliphatic rings. The van der Waals surface area contributed by atoms with Crippen LogP contribution in [0.1, 0.15) is 25.5 Å². The lowest BCUT2D eigenvalue weighted by molar-refractivity contribution is 0.0741. The van der Waals surface area contributed by atoms with E-state index in [9.17, 15) is 0 Å². The largest absolute Gasteiger partial charge is 0.491 e. The van der Waals surface area contributed by atoms with E-state index in [1.165, 1.54) is 0 Å². The van der Waals surface area contributed by atoms with Gasteiger partial charge in [0.25, 0.3) is 0 Å². The molecule has 1 aromatic rings. The molecule has 18 heavy (non-hydrogen) atoms. The van der Waals surface area contributed by atoms with Gasteiger partial charge in [-0.3, -0.25) is 0 Å². The van der Waals surface area contributed by atoms with Crippen LogP contribution in [0.5, 0.6) is 5.75 Å². The van der Waals surface area contributed by atoms with Gasteiger partial charge in [0.2, 0.25) is 0 Å². The lowest BCUT2D eigenvalue weighted by Crippen LogP contribution is -2.14. The molecular formula is C13H17ClN2O2. The topological polar surface area (TPSA) is 68.3 Å². The quantitative estimate of drug-likeness (QED) is 0.806. The Morgan fingerprint density at radius 2 is 2.11 bits per heavy atom. The SMILES string of the molecule is CC(C#N)OCCOc1ccc(Cl)cc1C(C)N. The van der Waals surface area contributed by atoms with Crippen LogP contribution in [0.15, 0.2) is 18.2 Å². The molecule has 0 bridgehead atoms. The van der Waals surface area contributed by atoms with E-state index >= 15 is 0 Å². The van der Waals surface area contributed by atoms with Crippen LogP contribution < -0.4 is 10.5 Å². The summed E-state index contributed by atoms with van der Waals surface area (Å²) in [6.45, 7) is 4.28. The Morgan fingerprint density at radius 1 is 1.39 bits per heavy atom. The van der Waals surface area contributed by atoms with E-state index in [4.69, 9.17) is 32.1 Å². The standard InChI is InChI=1S/C13H17ClN2O2/c1-9(8-15)17-5-6-18-13-4-3-11(14)7-12(13)10(2)16/h3-4,7,9-10H,5-6,16H2,1-2H3. The molecule has 0 aliphatic heterocycles. The monoisotopic (exact) mass is 268 g/mol. The van der Waals surface area contributed by atoms with Crippen LogP contribution >= 0.6 is 11.6 Å². The van der Waals surface area contributed by atoms with E-state index in [1.807, 2.05) is 13.0 Å². The van der Waals surface area contributed by atoms with Crippen LogP contribution in [0.3, 0.4) is 0 Å². The number of hydrogen-bond donors (Lipinski definition) is 1. The molecule has 98 valence electrons. The number of rotatable bonds is 6. The summed E-state index contributed by atoms with van der Waals surface area (Å²) < 4.78 is 10.8. The molecule has 2 N–H and O–H groups in total. The van der Waals surface area contributed by atoms with Gasteiger partial charge >= 0.3 is 0 Å². The molecule has 1 aromatic carbocycles. The van der Waals surface area contributed by atoms with Crippen LogP contribution in [0.25, 0.3) is 0 Å². The highest BCUT2D eigenvalue weighted by Gasteiger charge is 2.09. The molecular weight excluding hydrogens is 252 g/mol. The van der Waals surface area contributed by atoms with Crippen molar-refractivity contribution in [3.63, 3.8) is 0 Å². The summed E-state index contributed by atoms with van der Waals surface area (Å²) in [5, 5.41) is 9.18. The summed E-state index contributed by atoms with van der Waals surface area (Å²) in [6.07, 6.45) is -0.424. The van der Waals surface area contributed by atoms with Crippen molar-refractivity contribution in [1.29, 1.82) is 5.26 Å². The highest BCUT2D eigenvalue weighted by Crippen LogP contribution is 2.27. The average molecular weight is 269 g/mol. The molecule has 0 spiro atoms. The highest BCUT2D eigenvalue weighted by atomic mass is 35.5. The molecule has 0 aliphatic carbocycles. The summed E-state index contributed by atoms with van der Waals surface area (Å²) in [6, 6.07) is 7.16. The predicted molar refractivity (Wildman–Crippen MR) is 70.6 cm³/mol. The Morgan fingerprint density at radius 3 is 2.72 bits per heavy atom. The van der Waals surface area contributed by atoms with Gasteiger partial charge in [-0.2, -0.15) is 5.26 Å². The Kier molecular flexibility index (Phi) is 5.93. The summed E-state index contributed by atoms with van der Waals surface area (Å²) in [7, 11) is 0. The number of nitrogens with two attached hydrogens (primary N) is 1. The van der Waals surface area contributed by atoms with E-state index in [1.54, 1.807) is 25.1 Å². The minimum absolute atomic E-state index is 0.155. The Balaban J connectivity index is 2.54. The van der Waals surface area contributed by atoms with Crippen LogP contribution in [0.2, 0.25) is 5.02 Å². The van der Waals surface area contributed by atoms with Gasteiger partial charge in [0.1, 0.15) is 18.5 Å². The lowest BCUT2D eigenvalue weighted by atomic mass is 10.1. The average Bonchev–Trinajstić information content (AvgIpc) is 2.35. The second-order valence-corrected chi connectivity index (χ2v) is 4.40. The first-order chi connectivity index (χ1) is 8.54. The van der Waals surface area contributed by atoms with Crippen molar-refractivity contribution in [2.45, 2.75) is 26.0 Å². The molecule has 0 amide bonds. The van der Waals surface area contributed by atoms with Gasteiger partial charge < -0.3 is 15.2 Å². The van der Waals surface area contributed by atoms with Gasteiger partial charge in [-0.25, -0.2) is 0 Å². The van der Waals surface area contributed by atoms with Crippen molar-refractivity contribution in [3.05, 3.63) is 28.8 Å². The number of benzene rings is 1. The molecule has 0 radical (unpaired) electrons. The molecule has 1 rings (SSSR count). The first-order valence-corrected chi connectivity index (χ1v) is 6.11.